The number of carbonyl (C=O) groups excluding carboxylic acids is 1. The minimum absolute atomic E-state index is 0.421. The van der Waals surface area contributed by atoms with Crippen LogP contribution < -0.4 is 0 Å². The smallest absolute Gasteiger partial charge is 0.245 e. The van der Waals surface area contributed by atoms with Crippen molar-refractivity contribution in [2.75, 3.05) is 0 Å². The summed E-state index contributed by atoms with van der Waals surface area (Å²) in [6.45, 7) is 1.99. The summed E-state index contributed by atoms with van der Waals surface area (Å²) in [4.78, 5) is 10.8. The first-order valence-corrected chi connectivity index (χ1v) is 5.53. The molecule has 1 aromatic carbocycles. The van der Waals surface area contributed by atoms with Crippen molar-refractivity contribution in [1.29, 1.82) is 0 Å². The summed E-state index contributed by atoms with van der Waals surface area (Å²) >= 11 is 11.5. The average molecular weight is 241 g/mol. The van der Waals surface area contributed by atoms with E-state index in [1.54, 1.807) is 0 Å². The maximum Gasteiger partial charge on any atom is 0.245 e. The number of aryl methyl sites for hydroxylation is 1. The van der Waals surface area contributed by atoms with Gasteiger partial charge in [0, 0.05) is 11.1 Å². The summed E-state index contributed by atoms with van der Waals surface area (Å²) in [6.07, 6.45) is 3.23. The maximum atomic E-state index is 10.8. The molecule has 78 valence electrons. The van der Waals surface area contributed by atoms with Gasteiger partial charge >= 0.3 is 0 Å². The lowest BCUT2D eigenvalue weighted by Crippen LogP contribution is -1.86. The molecule has 0 saturated heterocycles. The fourth-order valence-electron chi connectivity index (χ4n) is 1.99. The van der Waals surface area contributed by atoms with Crippen LogP contribution in [0.5, 0.6) is 0 Å². The first-order chi connectivity index (χ1) is 7.08. The quantitative estimate of drug-likeness (QED) is 0.540. The third-order valence-corrected chi connectivity index (χ3v) is 3.06. The van der Waals surface area contributed by atoms with Crippen LogP contribution in [-0.2, 0) is 11.2 Å². The molecule has 1 nitrogen and oxygen atoms in total. The zero-order chi connectivity index (χ0) is 11.0. The van der Waals surface area contributed by atoms with Gasteiger partial charge in [0.25, 0.3) is 0 Å². The van der Waals surface area contributed by atoms with Crippen LogP contribution in [0.3, 0.4) is 0 Å². The minimum atomic E-state index is -0.421. The van der Waals surface area contributed by atoms with Gasteiger partial charge in [-0.3, -0.25) is 4.79 Å². The zero-order valence-electron chi connectivity index (χ0n) is 8.31. The van der Waals surface area contributed by atoms with Crippen LogP contribution in [0, 0.1) is 6.92 Å². The number of allylic oxidation sites excluding steroid dienone is 2. The van der Waals surface area contributed by atoms with E-state index in [1.807, 2.05) is 13.0 Å². The van der Waals surface area contributed by atoms with Crippen molar-refractivity contribution in [2.45, 2.75) is 19.8 Å². The van der Waals surface area contributed by atoms with Crippen molar-refractivity contribution in [1.82, 2.24) is 0 Å². The Kier molecular flexibility index (Phi) is 2.85. The van der Waals surface area contributed by atoms with Gasteiger partial charge in [-0.15, -0.1) is 0 Å². The Balaban J connectivity index is 2.55. The second kappa shape index (κ2) is 3.99. The fraction of sp³-hybridized carbons (Fsp3) is 0.250. The molecule has 0 N–H and O–H groups in total. The Labute approximate surface area is 98.7 Å². The normalized spacial score (nSPS) is 16.9. The third kappa shape index (κ3) is 2.09. The highest BCUT2D eigenvalue weighted by Gasteiger charge is 2.19. The van der Waals surface area contributed by atoms with Crippen LogP contribution in [-0.4, -0.2) is 5.24 Å². The number of hydrogen-bond acceptors (Lipinski definition) is 1. The van der Waals surface area contributed by atoms with Crippen LogP contribution in [0.1, 0.15) is 23.1 Å². The molecular formula is C12H10Cl2O. The van der Waals surface area contributed by atoms with E-state index in [1.165, 1.54) is 6.08 Å². The Morgan fingerprint density at radius 2 is 2.13 bits per heavy atom. The SMILES string of the molecule is Cc1cc(Cl)c2c(c1)/C(=C\C(=O)Cl)CC2. The van der Waals surface area contributed by atoms with Gasteiger partial charge in [-0.1, -0.05) is 17.7 Å². The highest BCUT2D eigenvalue weighted by atomic mass is 35.5. The molecule has 1 aliphatic rings. The summed E-state index contributed by atoms with van der Waals surface area (Å²) < 4.78 is 0. The van der Waals surface area contributed by atoms with Gasteiger partial charge in [0.15, 0.2) is 0 Å². The van der Waals surface area contributed by atoms with Crippen LogP contribution >= 0.6 is 23.2 Å². The third-order valence-electron chi connectivity index (χ3n) is 2.62. The number of hydrogen-bond donors (Lipinski definition) is 0. The van der Waals surface area contributed by atoms with E-state index in [9.17, 15) is 4.79 Å². The van der Waals surface area contributed by atoms with Crippen LogP contribution in [0.4, 0.5) is 0 Å². The standard InChI is InChI=1S/C12H10Cl2O/c1-7-4-10-8(6-12(14)15)2-3-9(10)11(13)5-7/h4-6H,2-3H2,1H3/b8-6-. The van der Waals surface area contributed by atoms with Crippen molar-refractivity contribution in [2.24, 2.45) is 0 Å². The zero-order valence-corrected chi connectivity index (χ0v) is 9.82. The summed E-state index contributed by atoms with van der Waals surface area (Å²) in [5.74, 6) is 0. The van der Waals surface area contributed by atoms with Crippen molar-refractivity contribution in [3.05, 3.63) is 39.9 Å². The summed E-state index contributed by atoms with van der Waals surface area (Å²) in [7, 11) is 0. The molecule has 0 aliphatic heterocycles. The van der Waals surface area contributed by atoms with E-state index in [0.717, 1.165) is 40.1 Å². The fourth-order valence-corrected chi connectivity index (χ4v) is 2.49. The number of carbonyl (C=O) groups is 1. The predicted molar refractivity (Wildman–Crippen MR) is 63.3 cm³/mol. The lowest BCUT2D eigenvalue weighted by molar-refractivity contribution is -0.107. The predicted octanol–water partition coefficient (Wildman–Crippen LogP) is 3.74. The maximum absolute atomic E-state index is 10.8. The van der Waals surface area contributed by atoms with Gasteiger partial charge in [0.2, 0.25) is 5.24 Å². The molecule has 0 bridgehead atoms. The molecule has 0 amide bonds. The second-order valence-electron chi connectivity index (χ2n) is 3.75. The molecule has 1 aromatic rings. The lowest BCUT2D eigenvalue weighted by Gasteiger charge is -2.04. The van der Waals surface area contributed by atoms with Crippen molar-refractivity contribution in [3.8, 4) is 0 Å². The van der Waals surface area contributed by atoms with Crippen LogP contribution in [0.25, 0.3) is 5.57 Å². The van der Waals surface area contributed by atoms with Gasteiger partial charge in [0.1, 0.15) is 0 Å². The van der Waals surface area contributed by atoms with Crippen LogP contribution in [0.2, 0.25) is 5.02 Å². The number of fused-ring (bicyclic) bond motifs is 1. The Hall–Kier alpha value is -0.790. The van der Waals surface area contributed by atoms with Gasteiger partial charge in [0.05, 0.1) is 0 Å². The van der Waals surface area contributed by atoms with E-state index in [0.29, 0.717) is 0 Å². The molecule has 2 rings (SSSR count). The average Bonchev–Trinajstić information content (AvgIpc) is 2.48. The topological polar surface area (TPSA) is 17.1 Å². The molecule has 0 aromatic heterocycles. The molecule has 15 heavy (non-hydrogen) atoms. The first-order valence-electron chi connectivity index (χ1n) is 4.77. The van der Waals surface area contributed by atoms with E-state index >= 15 is 0 Å². The van der Waals surface area contributed by atoms with E-state index < -0.39 is 5.24 Å². The summed E-state index contributed by atoms with van der Waals surface area (Å²) in [5.41, 5.74) is 4.31. The molecule has 0 atom stereocenters. The molecule has 0 radical (unpaired) electrons. The molecule has 3 heteroatoms. The largest absolute Gasteiger partial charge is 0.276 e. The molecule has 0 saturated carbocycles. The molecular weight excluding hydrogens is 231 g/mol. The highest BCUT2D eigenvalue weighted by Crippen LogP contribution is 2.37. The summed E-state index contributed by atoms with van der Waals surface area (Å²) in [6, 6.07) is 4.01. The van der Waals surface area contributed by atoms with E-state index in [-0.39, 0.29) is 0 Å². The van der Waals surface area contributed by atoms with Gasteiger partial charge in [-0.25, -0.2) is 0 Å². The molecule has 0 fully saturated rings. The first kappa shape index (κ1) is 10.7. The second-order valence-corrected chi connectivity index (χ2v) is 4.53. The van der Waals surface area contributed by atoms with Gasteiger partial charge in [-0.05, 0) is 59.7 Å². The van der Waals surface area contributed by atoms with E-state index in [4.69, 9.17) is 23.2 Å². The molecule has 1 aliphatic carbocycles. The number of halogens is 2. The minimum Gasteiger partial charge on any atom is -0.276 e. The Bertz CT molecular complexity index is 461. The van der Waals surface area contributed by atoms with Crippen molar-refractivity contribution < 1.29 is 4.79 Å². The molecule has 0 heterocycles. The van der Waals surface area contributed by atoms with Crippen molar-refractivity contribution >= 4 is 34.0 Å². The van der Waals surface area contributed by atoms with Crippen molar-refractivity contribution in [3.63, 3.8) is 0 Å². The monoisotopic (exact) mass is 240 g/mol. The van der Waals surface area contributed by atoms with Gasteiger partial charge in [-0.2, -0.15) is 0 Å². The van der Waals surface area contributed by atoms with E-state index in [2.05, 4.69) is 6.07 Å². The highest BCUT2D eigenvalue weighted by molar-refractivity contribution is 6.67. The van der Waals surface area contributed by atoms with Crippen LogP contribution in [0.15, 0.2) is 18.2 Å². The van der Waals surface area contributed by atoms with Gasteiger partial charge < -0.3 is 0 Å². The number of benzene rings is 1. The molecule has 0 unspecified atom stereocenters. The molecule has 0 spiro atoms. The Morgan fingerprint density at radius 3 is 2.80 bits per heavy atom. The summed E-state index contributed by atoms with van der Waals surface area (Å²) in [5, 5.41) is 0.367. The lowest BCUT2D eigenvalue weighted by atomic mass is 10.0. The Morgan fingerprint density at radius 1 is 1.40 bits per heavy atom. The number of rotatable bonds is 1.